The molecule has 0 saturated heterocycles. The number of amides is 1. The Kier molecular flexibility index (Phi) is 5.37. The van der Waals surface area contributed by atoms with E-state index in [0.717, 1.165) is 5.69 Å². The van der Waals surface area contributed by atoms with Gasteiger partial charge in [-0.2, -0.15) is 0 Å². The normalized spacial score (nSPS) is 10.2. The van der Waals surface area contributed by atoms with Gasteiger partial charge in [0.05, 0.1) is 11.6 Å². The lowest BCUT2D eigenvalue weighted by Crippen LogP contribution is -2.34. The van der Waals surface area contributed by atoms with E-state index in [-0.39, 0.29) is 23.5 Å². The topological polar surface area (TPSA) is 67.2 Å². The molecule has 0 heterocycles. The van der Waals surface area contributed by atoms with Crippen molar-refractivity contribution in [3.8, 4) is 0 Å². The van der Waals surface area contributed by atoms with Crippen molar-refractivity contribution in [1.29, 1.82) is 0 Å². The average Bonchev–Trinajstić information content (AvgIpc) is 2.25. The summed E-state index contributed by atoms with van der Waals surface area (Å²) in [5.41, 5.74) is 6.88. The van der Waals surface area contributed by atoms with Gasteiger partial charge in [-0.15, -0.1) is 0 Å². The Morgan fingerprint density at radius 3 is 2.67 bits per heavy atom. The molecule has 1 amide bonds. The number of nitrogens with two attached hydrogens (primary N) is 1. The molecule has 4 nitrogen and oxygen atoms in total. The van der Waals surface area contributed by atoms with Crippen molar-refractivity contribution in [2.75, 3.05) is 11.9 Å². The zero-order chi connectivity index (χ0) is 13.7. The fourth-order valence-corrected chi connectivity index (χ4v) is 1.90. The van der Waals surface area contributed by atoms with Crippen molar-refractivity contribution >= 4 is 40.4 Å². The van der Waals surface area contributed by atoms with Crippen molar-refractivity contribution in [2.45, 2.75) is 19.9 Å². The van der Waals surface area contributed by atoms with E-state index in [4.69, 9.17) is 29.6 Å². The molecule has 0 aliphatic carbocycles. The second-order valence-electron chi connectivity index (χ2n) is 4.13. The molecule has 0 aromatic heterocycles. The van der Waals surface area contributed by atoms with Gasteiger partial charge >= 0.3 is 0 Å². The summed E-state index contributed by atoms with van der Waals surface area (Å²) in [4.78, 5) is 11.7. The largest absolute Gasteiger partial charge is 0.389 e. The number of nitrogens with one attached hydrogen (secondary N) is 2. The Balaban J connectivity index is 2.61. The zero-order valence-corrected chi connectivity index (χ0v) is 11.9. The minimum absolute atomic E-state index is 0.0699. The van der Waals surface area contributed by atoms with Gasteiger partial charge in [0, 0.05) is 17.3 Å². The van der Waals surface area contributed by atoms with Crippen LogP contribution in [-0.2, 0) is 4.79 Å². The highest BCUT2D eigenvalue weighted by Crippen LogP contribution is 2.20. The lowest BCUT2D eigenvalue weighted by atomic mass is 10.2. The number of anilines is 1. The highest BCUT2D eigenvalue weighted by molar-refractivity contribution is 7.80. The van der Waals surface area contributed by atoms with Crippen LogP contribution in [0, 0.1) is 0 Å². The van der Waals surface area contributed by atoms with Crippen LogP contribution in [0.3, 0.4) is 0 Å². The van der Waals surface area contributed by atoms with Gasteiger partial charge in [-0.25, -0.2) is 0 Å². The maximum atomic E-state index is 11.4. The van der Waals surface area contributed by atoms with E-state index in [1.807, 2.05) is 13.8 Å². The predicted octanol–water partition coefficient (Wildman–Crippen LogP) is 1.91. The summed E-state index contributed by atoms with van der Waals surface area (Å²) in [6.07, 6.45) is 0. The maximum absolute atomic E-state index is 11.4. The summed E-state index contributed by atoms with van der Waals surface area (Å²) in [6, 6.07) is 5.33. The molecule has 0 saturated carbocycles. The average molecular weight is 286 g/mol. The zero-order valence-electron chi connectivity index (χ0n) is 10.3. The summed E-state index contributed by atoms with van der Waals surface area (Å²) in [5.74, 6) is -0.0699. The molecule has 6 heteroatoms. The molecule has 98 valence electrons. The fraction of sp³-hybridized carbons (Fsp3) is 0.333. The van der Waals surface area contributed by atoms with E-state index in [0.29, 0.717) is 10.6 Å². The Morgan fingerprint density at radius 2 is 2.17 bits per heavy atom. The van der Waals surface area contributed by atoms with Gasteiger partial charge in [-0.3, -0.25) is 4.79 Å². The molecule has 0 atom stereocenters. The Morgan fingerprint density at radius 1 is 1.50 bits per heavy atom. The number of hydrogen-bond acceptors (Lipinski definition) is 3. The molecule has 4 N–H and O–H groups in total. The number of carbonyl (C=O) groups is 1. The molecule has 0 aliphatic rings. The number of rotatable bonds is 5. The number of halogens is 1. The highest BCUT2D eigenvalue weighted by Gasteiger charge is 2.06. The van der Waals surface area contributed by atoms with Gasteiger partial charge in [0.25, 0.3) is 0 Å². The van der Waals surface area contributed by atoms with Gasteiger partial charge in [0.1, 0.15) is 4.99 Å². The van der Waals surface area contributed by atoms with Gasteiger partial charge < -0.3 is 16.4 Å². The first-order chi connectivity index (χ1) is 8.40. The quantitative estimate of drug-likeness (QED) is 0.723. The first kappa shape index (κ1) is 14.7. The third-order valence-electron chi connectivity index (χ3n) is 2.14. The molecule has 1 aromatic rings. The molecule has 0 fully saturated rings. The molecule has 0 radical (unpaired) electrons. The Bertz CT molecular complexity index is 463. The summed E-state index contributed by atoms with van der Waals surface area (Å²) < 4.78 is 0. The Labute approximate surface area is 117 Å². The van der Waals surface area contributed by atoms with Crippen molar-refractivity contribution in [3.63, 3.8) is 0 Å². The molecular weight excluding hydrogens is 270 g/mol. The minimum Gasteiger partial charge on any atom is -0.389 e. The van der Waals surface area contributed by atoms with Gasteiger partial charge in [0.2, 0.25) is 5.91 Å². The SMILES string of the molecule is CC(C)NC(=O)CNc1ccc(C(N)=S)c(Cl)c1. The van der Waals surface area contributed by atoms with Crippen LogP contribution in [0.25, 0.3) is 0 Å². The fourth-order valence-electron chi connectivity index (χ4n) is 1.38. The van der Waals surface area contributed by atoms with Crippen molar-refractivity contribution < 1.29 is 4.79 Å². The summed E-state index contributed by atoms with van der Waals surface area (Å²) in [6.45, 7) is 4.01. The van der Waals surface area contributed by atoms with E-state index in [2.05, 4.69) is 10.6 Å². The van der Waals surface area contributed by atoms with E-state index in [1.165, 1.54) is 0 Å². The maximum Gasteiger partial charge on any atom is 0.239 e. The lowest BCUT2D eigenvalue weighted by molar-refractivity contribution is -0.119. The van der Waals surface area contributed by atoms with Crippen LogP contribution in [0.5, 0.6) is 0 Å². The van der Waals surface area contributed by atoms with Crippen LogP contribution in [0.2, 0.25) is 5.02 Å². The van der Waals surface area contributed by atoms with Crippen molar-refractivity contribution in [2.24, 2.45) is 5.73 Å². The van der Waals surface area contributed by atoms with Crippen LogP contribution in [0.1, 0.15) is 19.4 Å². The van der Waals surface area contributed by atoms with E-state index in [1.54, 1.807) is 18.2 Å². The smallest absolute Gasteiger partial charge is 0.239 e. The first-order valence-electron chi connectivity index (χ1n) is 5.52. The summed E-state index contributed by atoms with van der Waals surface area (Å²) in [7, 11) is 0. The molecule has 1 rings (SSSR count). The molecule has 18 heavy (non-hydrogen) atoms. The number of benzene rings is 1. The van der Waals surface area contributed by atoms with Gasteiger partial charge in [-0.05, 0) is 32.0 Å². The molecule has 0 bridgehead atoms. The van der Waals surface area contributed by atoms with Crippen molar-refractivity contribution in [1.82, 2.24) is 5.32 Å². The number of carbonyl (C=O) groups excluding carboxylic acids is 1. The predicted molar refractivity (Wildman–Crippen MR) is 79.1 cm³/mol. The third kappa shape index (κ3) is 4.50. The minimum atomic E-state index is -0.0699. The molecule has 0 aliphatic heterocycles. The van der Waals surface area contributed by atoms with Gasteiger partial charge in [-0.1, -0.05) is 23.8 Å². The van der Waals surface area contributed by atoms with Crippen LogP contribution >= 0.6 is 23.8 Å². The monoisotopic (exact) mass is 285 g/mol. The lowest BCUT2D eigenvalue weighted by Gasteiger charge is -2.11. The molecule has 1 aromatic carbocycles. The Hall–Kier alpha value is -1.33. The van der Waals surface area contributed by atoms with E-state index < -0.39 is 0 Å². The summed E-state index contributed by atoms with van der Waals surface area (Å²) >= 11 is 10.9. The molecule has 0 spiro atoms. The second-order valence-corrected chi connectivity index (χ2v) is 4.98. The highest BCUT2D eigenvalue weighted by atomic mass is 35.5. The van der Waals surface area contributed by atoms with Crippen LogP contribution in [0.15, 0.2) is 18.2 Å². The second kappa shape index (κ2) is 6.56. The number of thiocarbonyl (C=S) groups is 1. The molecule has 0 unspecified atom stereocenters. The van der Waals surface area contributed by atoms with Gasteiger partial charge in [0.15, 0.2) is 0 Å². The van der Waals surface area contributed by atoms with E-state index in [9.17, 15) is 4.79 Å². The van der Waals surface area contributed by atoms with Crippen LogP contribution in [-0.4, -0.2) is 23.5 Å². The van der Waals surface area contributed by atoms with Crippen LogP contribution < -0.4 is 16.4 Å². The first-order valence-corrected chi connectivity index (χ1v) is 6.31. The summed E-state index contributed by atoms with van der Waals surface area (Å²) in [5, 5.41) is 6.23. The number of hydrogen-bond donors (Lipinski definition) is 3. The molecular formula is C12H16ClN3OS. The standard InChI is InChI=1S/C12H16ClN3OS/c1-7(2)16-11(17)6-15-8-3-4-9(12(14)18)10(13)5-8/h3-5,7,15H,6H2,1-2H3,(H2,14,18)(H,16,17). The van der Waals surface area contributed by atoms with E-state index >= 15 is 0 Å². The van der Waals surface area contributed by atoms with Crippen LogP contribution in [0.4, 0.5) is 5.69 Å². The third-order valence-corrected chi connectivity index (χ3v) is 2.67. The van der Waals surface area contributed by atoms with Crippen molar-refractivity contribution in [3.05, 3.63) is 28.8 Å².